The van der Waals surface area contributed by atoms with Crippen LogP contribution in [0.5, 0.6) is 0 Å². The zero-order valence-electron chi connectivity index (χ0n) is 14.6. The number of hydrogen-bond donors (Lipinski definition) is 2. The third kappa shape index (κ3) is 4.81. The van der Waals surface area contributed by atoms with Gasteiger partial charge in [-0.3, -0.25) is 14.4 Å². The van der Waals surface area contributed by atoms with Crippen LogP contribution in [0.25, 0.3) is 0 Å². The summed E-state index contributed by atoms with van der Waals surface area (Å²) < 4.78 is 0. The summed E-state index contributed by atoms with van der Waals surface area (Å²) in [5.74, 6) is -0.0275. The fourth-order valence-corrected chi connectivity index (χ4v) is 3.73. The molecule has 0 atom stereocenters. The van der Waals surface area contributed by atoms with Crippen LogP contribution in [0, 0.1) is 0 Å². The van der Waals surface area contributed by atoms with Crippen LogP contribution in [0.2, 0.25) is 5.02 Å². The highest BCUT2D eigenvalue weighted by atomic mass is 35.5. The van der Waals surface area contributed by atoms with Crippen molar-refractivity contribution >= 4 is 52.5 Å². The Labute approximate surface area is 166 Å². The predicted octanol–water partition coefficient (Wildman–Crippen LogP) is 3.49. The maximum absolute atomic E-state index is 12.7. The van der Waals surface area contributed by atoms with Crippen LogP contribution in [0.15, 0.2) is 47.4 Å². The van der Waals surface area contributed by atoms with Gasteiger partial charge in [-0.05, 0) is 30.3 Å². The van der Waals surface area contributed by atoms with E-state index in [0.717, 1.165) is 4.90 Å². The molecule has 27 heavy (non-hydrogen) atoms. The standard InChI is InChI=1S/C19H18ClN3O3S/c1-23(11-18(25)21-14-5-3-2-4-13(14)20)19(26)12-6-7-16-15(10-12)22-17(24)8-9-27-16/h2-7,10H,8-9,11H2,1H3,(H,21,25)(H,22,24). The zero-order chi connectivity index (χ0) is 19.4. The molecular formula is C19H18ClN3O3S. The van der Waals surface area contributed by atoms with E-state index < -0.39 is 0 Å². The molecule has 0 saturated carbocycles. The van der Waals surface area contributed by atoms with Crippen molar-refractivity contribution in [2.24, 2.45) is 0 Å². The molecule has 3 rings (SSSR count). The number of para-hydroxylation sites is 1. The fraction of sp³-hybridized carbons (Fsp3) is 0.211. The Hall–Kier alpha value is -2.51. The molecule has 3 amide bonds. The van der Waals surface area contributed by atoms with Crippen LogP contribution in [0.1, 0.15) is 16.8 Å². The summed E-state index contributed by atoms with van der Waals surface area (Å²) in [6.45, 7) is -0.123. The Morgan fingerprint density at radius 2 is 2.04 bits per heavy atom. The van der Waals surface area contributed by atoms with E-state index in [4.69, 9.17) is 11.6 Å². The first-order valence-corrected chi connectivity index (χ1v) is 9.67. The highest BCUT2D eigenvalue weighted by Gasteiger charge is 2.19. The van der Waals surface area contributed by atoms with Gasteiger partial charge in [0.15, 0.2) is 0 Å². The van der Waals surface area contributed by atoms with E-state index in [0.29, 0.717) is 34.1 Å². The number of hydrogen-bond acceptors (Lipinski definition) is 4. The molecule has 140 valence electrons. The summed E-state index contributed by atoms with van der Waals surface area (Å²) in [5, 5.41) is 5.93. The number of nitrogens with one attached hydrogen (secondary N) is 2. The van der Waals surface area contributed by atoms with E-state index in [1.54, 1.807) is 55.2 Å². The van der Waals surface area contributed by atoms with Gasteiger partial charge in [-0.15, -0.1) is 11.8 Å². The number of carbonyl (C=O) groups is 3. The quantitative estimate of drug-likeness (QED) is 0.819. The lowest BCUT2D eigenvalue weighted by atomic mass is 10.1. The number of amides is 3. The second kappa shape index (κ2) is 8.45. The third-order valence-electron chi connectivity index (χ3n) is 3.96. The van der Waals surface area contributed by atoms with Crippen molar-refractivity contribution in [2.75, 3.05) is 30.0 Å². The Balaban J connectivity index is 1.67. The summed E-state index contributed by atoms with van der Waals surface area (Å²) in [6.07, 6.45) is 0.435. The zero-order valence-corrected chi connectivity index (χ0v) is 16.2. The molecule has 0 unspecified atom stereocenters. The summed E-state index contributed by atoms with van der Waals surface area (Å²) >= 11 is 7.59. The van der Waals surface area contributed by atoms with Crippen molar-refractivity contribution < 1.29 is 14.4 Å². The number of rotatable bonds is 4. The van der Waals surface area contributed by atoms with E-state index >= 15 is 0 Å². The van der Waals surface area contributed by atoms with Crippen LogP contribution in [0.3, 0.4) is 0 Å². The van der Waals surface area contributed by atoms with Crippen LogP contribution in [-0.4, -0.2) is 42.0 Å². The van der Waals surface area contributed by atoms with Gasteiger partial charge in [0, 0.05) is 29.7 Å². The highest BCUT2D eigenvalue weighted by molar-refractivity contribution is 7.99. The normalized spacial score (nSPS) is 13.2. The number of benzene rings is 2. The van der Waals surface area contributed by atoms with Gasteiger partial charge in [0.2, 0.25) is 11.8 Å². The summed E-state index contributed by atoms with van der Waals surface area (Å²) in [6, 6.07) is 12.1. The van der Waals surface area contributed by atoms with Crippen molar-refractivity contribution in [3.63, 3.8) is 0 Å². The SMILES string of the molecule is CN(CC(=O)Nc1ccccc1Cl)C(=O)c1ccc2c(c1)NC(=O)CCS2. The van der Waals surface area contributed by atoms with E-state index in [-0.39, 0.29) is 24.3 Å². The minimum atomic E-state index is -0.349. The van der Waals surface area contributed by atoms with Crippen LogP contribution in [-0.2, 0) is 9.59 Å². The van der Waals surface area contributed by atoms with Crippen LogP contribution >= 0.6 is 23.4 Å². The minimum absolute atomic E-state index is 0.0710. The molecular weight excluding hydrogens is 386 g/mol. The van der Waals surface area contributed by atoms with E-state index in [2.05, 4.69) is 10.6 Å². The molecule has 1 aliphatic heterocycles. The van der Waals surface area contributed by atoms with Gasteiger partial charge >= 0.3 is 0 Å². The number of fused-ring (bicyclic) bond motifs is 1. The van der Waals surface area contributed by atoms with Crippen LogP contribution < -0.4 is 10.6 Å². The first-order chi connectivity index (χ1) is 12.9. The molecule has 0 bridgehead atoms. The lowest BCUT2D eigenvalue weighted by Crippen LogP contribution is -2.35. The number of likely N-dealkylation sites (N-methyl/N-ethyl adjacent to an activating group) is 1. The van der Waals surface area contributed by atoms with Crippen molar-refractivity contribution in [1.82, 2.24) is 4.90 Å². The van der Waals surface area contributed by atoms with Gasteiger partial charge in [-0.1, -0.05) is 23.7 Å². The molecule has 0 radical (unpaired) electrons. The molecule has 6 nitrogen and oxygen atoms in total. The Kier molecular flexibility index (Phi) is 6.03. The molecule has 8 heteroatoms. The molecule has 0 fully saturated rings. The fourth-order valence-electron chi connectivity index (χ4n) is 2.61. The Bertz CT molecular complexity index is 904. The minimum Gasteiger partial charge on any atom is -0.332 e. The van der Waals surface area contributed by atoms with Gasteiger partial charge in [-0.2, -0.15) is 0 Å². The third-order valence-corrected chi connectivity index (χ3v) is 5.37. The number of halogens is 1. The van der Waals surface area contributed by atoms with Crippen molar-refractivity contribution in [2.45, 2.75) is 11.3 Å². The maximum Gasteiger partial charge on any atom is 0.254 e. The van der Waals surface area contributed by atoms with Crippen LogP contribution in [0.4, 0.5) is 11.4 Å². The number of nitrogens with zero attached hydrogens (tertiary/aromatic N) is 1. The lowest BCUT2D eigenvalue weighted by molar-refractivity contribution is -0.117. The molecule has 2 aromatic rings. The van der Waals surface area contributed by atoms with Crippen molar-refractivity contribution in [1.29, 1.82) is 0 Å². The smallest absolute Gasteiger partial charge is 0.254 e. The molecule has 0 aliphatic carbocycles. The van der Waals surface area contributed by atoms with Gasteiger partial charge in [0.05, 0.1) is 22.9 Å². The Morgan fingerprint density at radius 3 is 2.81 bits per heavy atom. The molecule has 2 N–H and O–H groups in total. The van der Waals surface area contributed by atoms with E-state index in [1.807, 2.05) is 6.07 Å². The monoisotopic (exact) mass is 403 g/mol. The molecule has 1 aliphatic rings. The second-order valence-corrected chi connectivity index (χ2v) is 7.59. The average Bonchev–Trinajstić information content (AvgIpc) is 2.82. The number of anilines is 2. The van der Waals surface area contributed by atoms with E-state index in [9.17, 15) is 14.4 Å². The summed E-state index contributed by atoms with van der Waals surface area (Å²) in [7, 11) is 1.55. The average molecular weight is 404 g/mol. The molecule has 0 saturated heterocycles. The first kappa shape index (κ1) is 19.3. The number of thioether (sulfide) groups is 1. The topological polar surface area (TPSA) is 78.5 Å². The first-order valence-electron chi connectivity index (χ1n) is 8.30. The maximum atomic E-state index is 12.7. The highest BCUT2D eigenvalue weighted by Crippen LogP contribution is 2.31. The lowest BCUT2D eigenvalue weighted by Gasteiger charge is -2.18. The predicted molar refractivity (Wildman–Crippen MR) is 107 cm³/mol. The van der Waals surface area contributed by atoms with Crippen molar-refractivity contribution in [3.05, 3.63) is 53.1 Å². The molecule has 0 aromatic heterocycles. The molecule has 1 heterocycles. The van der Waals surface area contributed by atoms with Gasteiger partial charge in [0.25, 0.3) is 5.91 Å². The molecule has 0 spiro atoms. The second-order valence-electron chi connectivity index (χ2n) is 6.05. The largest absolute Gasteiger partial charge is 0.332 e. The molecule has 2 aromatic carbocycles. The number of carbonyl (C=O) groups excluding carboxylic acids is 3. The van der Waals surface area contributed by atoms with Gasteiger partial charge < -0.3 is 15.5 Å². The van der Waals surface area contributed by atoms with Gasteiger partial charge in [-0.25, -0.2) is 0 Å². The van der Waals surface area contributed by atoms with Crippen molar-refractivity contribution in [3.8, 4) is 0 Å². The summed E-state index contributed by atoms with van der Waals surface area (Å²) in [4.78, 5) is 38.8. The summed E-state index contributed by atoms with van der Waals surface area (Å²) in [5.41, 5.74) is 1.53. The van der Waals surface area contributed by atoms with Gasteiger partial charge in [0.1, 0.15) is 0 Å². The van der Waals surface area contributed by atoms with E-state index in [1.165, 1.54) is 4.90 Å². The Morgan fingerprint density at radius 1 is 1.26 bits per heavy atom.